The number of H-pyrrole nitrogens is 1. The molecule has 2 aliphatic rings. The Hall–Kier alpha value is -3.22. The fraction of sp³-hybridized carbons (Fsp3) is 0.300. The van der Waals surface area contributed by atoms with Crippen molar-refractivity contribution >= 4 is 29.5 Å². The SMILES string of the molecule is CC1(c2[nH]c3c(c2Nc2ccccn2)C(=O)C[C@@H](C(=O)O)C3)C=CN=CC1. The van der Waals surface area contributed by atoms with Gasteiger partial charge >= 0.3 is 5.97 Å². The van der Waals surface area contributed by atoms with Gasteiger partial charge in [0.1, 0.15) is 5.82 Å². The molecule has 0 radical (unpaired) electrons. The Labute approximate surface area is 156 Å². The van der Waals surface area contributed by atoms with E-state index >= 15 is 0 Å². The number of aromatic nitrogens is 2. The summed E-state index contributed by atoms with van der Waals surface area (Å²) in [6, 6.07) is 5.52. The molecule has 3 N–H and O–H groups in total. The minimum atomic E-state index is -0.944. The molecule has 1 unspecified atom stereocenters. The average molecular weight is 364 g/mol. The van der Waals surface area contributed by atoms with Crippen LogP contribution in [0.15, 0.2) is 41.7 Å². The molecule has 1 aliphatic carbocycles. The molecule has 4 rings (SSSR count). The Morgan fingerprint density at radius 1 is 1.37 bits per heavy atom. The monoisotopic (exact) mass is 364 g/mol. The molecule has 2 aromatic rings. The van der Waals surface area contributed by atoms with Gasteiger partial charge in [0.25, 0.3) is 0 Å². The molecule has 1 aliphatic heterocycles. The van der Waals surface area contributed by atoms with E-state index in [1.807, 2.05) is 30.5 Å². The number of anilines is 2. The number of carboxylic acid groups (broad SMARTS) is 1. The molecule has 0 aromatic carbocycles. The predicted molar refractivity (Wildman–Crippen MR) is 102 cm³/mol. The second-order valence-corrected chi connectivity index (χ2v) is 7.20. The summed E-state index contributed by atoms with van der Waals surface area (Å²) in [4.78, 5) is 36.1. The Morgan fingerprint density at radius 3 is 2.89 bits per heavy atom. The van der Waals surface area contributed by atoms with Gasteiger partial charge in [0.05, 0.1) is 17.2 Å². The lowest BCUT2D eigenvalue weighted by atomic mass is 9.81. The molecule has 2 atom stereocenters. The summed E-state index contributed by atoms with van der Waals surface area (Å²) in [5.41, 5.74) is 2.37. The van der Waals surface area contributed by atoms with Crippen molar-refractivity contribution in [3.8, 4) is 0 Å². The molecule has 0 saturated heterocycles. The Morgan fingerprint density at radius 2 is 2.22 bits per heavy atom. The second kappa shape index (κ2) is 6.50. The van der Waals surface area contributed by atoms with Crippen LogP contribution in [0.4, 0.5) is 11.5 Å². The van der Waals surface area contributed by atoms with E-state index in [0.717, 1.165) is 5.69 Å². The molecule has 138 valence electrons. The minimum Gasteiger partial charge on any atom is -0.481 e. The summed E-state index contributed by atoms with van der Waals surface area (Å²) in [7, 11) is 0. The quantitative estimate of drug-likeness (QED) is 0.772. The first-order valence-corrected chi connectivity index (χ1v) is 8.86. The standard InChI is InChI=1S/C20H20N4O3/c1-20(5-8-21-9-6-20)18-17(24-15-4-2-3-7-22-15)16-13(23-18)10-12(19(26)27)11-14(16)25/h2-5,7-9,12,23H,6,10-11H2,1H3,(H,22,24)(H,26,27)/t12-,20?/m0/s1. The van der Waals surface area contributed by atoms with Crippen LogP contribution < -0.4 is 5.32 Å². The topological polar surface area (TPSA) is 107 Å². The van der Waals surface area contributed by atoms with Gasteiger partial charge in [-0.05, 0) is 18.6 Å². The lowest BCUT2D eigenvalue weighted by molar-refractivity contribution is -0.141. The average Bonchev–Trinajstić information content (AvgIpc) is 3.03. The fourth-order valence-electron chi connectivity index (χ4n) is 3.71. The van der Waals surface area contributed by atoms with Crippen molar-refractivity contribution in [3.05, 3.63) is 53.6 Å². The number of ketones is 1. The molecule has 7 nitrogen and oxygen atoms in total. The van der Waals surface area contributed by atoms with E-state index in [9.17, 15) is 14.7 Å². The number of allylic oxidation sites excluding steroid dienone is 1. The normalized spacial score (nSPS) is 23.9. The number of aromatic amines is 1. The van der Waals surface area contributed by atoms with E-state index in [-0.39, 0.29) is 17.6 Å². The second-order valence-electron chi connectivity index (χ2n) is 7.20. The van der Waals surface area contributed by atoms with Gasteiger partial charge in [-0.25, -0.2) is 4.98 Å². The number of pyridine rings is 1. The molecule has 0 bridgehead atoms. The van der Waals surface area contributed by atoms with Crippen LogP contribution in [0.3, 0.4) is 0 Å². The summed E-state index contributed by atoms with van der Waals surface area (Å²) in [6.07, 6.45) is 8.25. The number of hydrogen-bond acceptors (Lipinski definition) is 5. The number of carboxylic acids is 1. The van der Waals surface area contributed by atoms with E-state index in [1.54, 1.807) is 12.4 Å². The van der Waals surface area contributed by atoms with E-state index < -0.39 is 11.9 Å². The van der Waals surface area contributed by atoms with Crippen LogP contribution in [0.25, 0.3) is 0 Å². The van der Waals surface area contributed by atoms with Gasteiger partial charge in [-0.15, -0.1) is 0 Å². The van der Waals surface area contributed by atoms with Gasteiger partial charge in [0.2, 0.25) is 0 Å². The van der Waals surface area contributed by atoms with Gasteiger partial charge in [-0.1, -0.05) is 19.1 Å². The maximum absolute atomic E-state index is 12.8. The number of rotatable bonds is 4. The van der Waals surface area contributed by atoms with Gasteiger partial charge in [-0.2, -0.15) is 0 Å². The van der Waals surface area contributed by atoms with Crippen molar-refractivity contribution in [1.29, 1.82) is 0 Å². The highest BCUT2D eigenvalue weighted by atomic mass is 16.4. The van der Waals surface area contributed by atoms with Crippen LogP contribution in [0.2, 0.25) is 0 Å². The maximum atomic E-state index is 12.8. The number of carbonyl (C=O) groups excluding carboxylic acids is 1. The smallest absolute Gasteiger partial charge is 0.307 e. The molecule has 3 heterocycles. The van der Waals surface area contributed by atoms with E-state index in [4.69, 9.17) is 0 Å². The van der Waals surface area contributed by atoms with Crippen molar-refractivity contribution in [2.75, 3.05) is 5.32 Å². The summed E-state index contributed by atoms with van der Waals surface area (Å²) < 4.78 is 0. The first-order valence-electron chi connectivity index (χ1n) is 8.86. The molecule has 2 aromatic heterocycles. The summed E-state index contributed by atoms with van der Waals surface area (Å²) >= 11 is 0. The van der Waals surface area contributed by atoms with Crippen molar-refractivity contribution < 1.29 is 14.7 Å². The van der Waals surface area contributed by atoms with Crippen molar-refractivity contribution in [3.63, 3.8) is 0 Å². The number of hydrogen-bond donors (Lipinski definition) is 3. The Kier molecular flexibility index (Phi) is 4.14. The number of aliphatic carboxylic acids is 1. The third kappa shape index (κ3) is 3.05. The number of nitrogens with one attached hydrogen (secondary N) is 2. The van der Waals surface area contributed by atoms with Crippen LogP contribution in [0, 0.1) is 5.92 Å². The van der Waals surface area contributed by atoms with Crippen LogP contribution in [0.5, 0.6) is 0 Å². The number of fused-ring (bicyclic) bond motifs is 1. The number of carbonyl (C=O) groups is 2. The molecule has 27 heavy (non-hydrogen) atoms. The molecule has 0 spiro atoms. The Bertz CT molecular complexity index is 961. The predicted octanol–water partition coefficient (Wildman–Crippen LogP) is 3.23. The van der Waals surface area contributed by atoms with Crippen molar-refractivity contribution in [2.24, 2.45) is 10.9 Å². The first-order chi connectivity index (χ1) is 13.0. The van der Waals surface area contributed by atoms with Crippen LogP contribution >= 0.6 is 0 Å². The zero-order valence-electron chi connectivity index (χ0n) is 14.9. The molecule has 0 amide bonds. The van der Waals surface area contributed by atoms with E-state index in [1.165, 1.54) is 0 Å². The van der Waals surface area contributed by atoms with Crippen molar-refractivity contribution in [2.45, 2.75) is 31.6 Å². The number of aliphatic imine (C=N–C) groups is 1. The summed E-state index contributed by atoms with van der Waals surface area (Å²) in [5, 5.41) is 12.7. The highest BCUT2D eigenvalue weighted by molar-refractivity contribution is 6.06. The van der Waals surface area contributed by atoms with Gasteiger partial charge in [0, 0.05) is 48.3 Å². The van der Waals surface area contributed by atoms with Gasteiger partial charge in [0.15, 0.2) is 5.78 Å². The van der Waals surface area contributed by atoms with Crippen LogP contribution in [-0.2, 0) is 16.6 Å². The molecular weight excluding hydrogens is 344 g/mol. The van der Waals surface area contributed by atoms with Crippen LogP contribution in [-0.4, -0.2) is 33.0 Å². The fourth-order valence-corrected chi connectivity index (χ4v) is 3.71. The van der Waals surface area contributed by atoms with E-state index in [2.05, 4.69) is 27.2 Å². The zero-order valence-corrected chi connectivity index (χ0v) is 14.9. The third-order valence-electron chi connectivity index (χ3n) is 5.23. The summed E-state index contributed by atoms with van der Waals surface area (Å²) in [6.45, 7) is 2.06. The minimum absolute atomic E-state index is 0.00450. The summed E-state index contributed by atoms with van der Waals surface area (Å²) in [5.74, 6) is -1.18. The van der Waals surface area contributed by atoms with Crippen LogP contribution in [0.1, 0.15) is 41.5 Å². The lowest BCUT2D eigenvalue weighted by Crippen LogP contribution is -2.26. The highest BCUT2D eigenvalue weighted by Gasteiger charge is 2.38. The highest BCUT2D eigenvalue weighted by Crippen LogP contribution is 2.42. The van der Waals surface area contributed by atoms with E-state index in [0.29, 0.717) is 35.6 Å². The van der Waals surface area contributed by atoms with Crippen molar-refractivity contribution in [1.82, 2.24) is 9.97 Å². The Balaban J connectivity index is 1.84. The molecule has 7 heteroatoms. The maximum Gasteiger partial charge on any atom is 0.307 e. The molecule has 0 saturated carbocycles. The van der Waals surface area contributed by atoms with Gasteiger partial charge in [-0.3, -0.25) is 14.6 Å². The largest absolute Gasteiger partial charge is 0.481 e. The lowest BCUT2D eigenvalue weighted by Gasteiger charge is -2.26. The molecule has 0 fully saturated rings. The first kappa shape index (κ1) is 17.2. The number of Topliss-reactive ketones (excluding diaryl/α,β-unsaturated/α-hetero) is 1. The molecular formula is C20H20N4O3. The zero-order chi connectivity index (χ0) is 19.0. The van der Waals surface area contributed by atoms with Gasteiger partial charge < -0.3 is 15.4 Å². The third-order valence-corrected chi connectivity index (χ3v) is 5.23. The number of nitrogens with zero attached hydrogens (tertiary/aromatic N) is 2.